The Morgan fingerprint density at radius 1 is 1.06 bits per heavy atom. The molecule has 0 unspecified atom stereocenters. The molecule has 182 valence electrons. The van der Waals surface area contributed by atoms with Crippen LogP contribution in [0.1, 0.15) is 22.5 Å². The average Bonchev–Trinajstić information content (AvgIpc) is 3.40. The minimum Gasteiger partial charge on any atom is -0.497 e. The molecule has 2 aliphatic heterocycles. The Balaban J connectivity index is 1.49. The van der Waals surface area contributed by atoms with Crippen molar-refractivity contribution < 1.29 is 14.3 Å². The normalized spacial score (nSPS) is 16.2. The second kappa shape index (κ2) is 9.50. The number of amides is 1. The fourth-order valence-electron chi connectivity index (χ4n) is 4.31. The molecule has 1 N–H and O–H groups in total. The number of fused-ring (bicyclic) bond motifs is 1. The maximum atomic E-state index is 12.9. The molecule has 1 amide bonds. The van der Waals surface area contributed by atoms with Gasteiger partial charge in [-0.25, -0.2) is 0 Å². The van der Waals surface area contributed by atoms with Gasteiger partial charge in [-0.05, 0) is 61.0 Å². The van der Waals surface area contributed by atoms with Crippen LogP contribution >= 0.6 is 11.8 Å². The summed E-state index contributed by atoms with van der Waals surface area (Å²) in [6.45, 7) is 3.95. The zero-order valence-corrected chi connectivity index (χ0v) is 21.2. The van der Waals surface area contributed by atoms with E-state index in [0.717, 1.165) is 33.2 Å². The standard InChI is InChI=1S/C27H25N5O3S/c1-16-12-19(17(2)31(16)22-15-20(34-3)10-11-23(22)35-4)14-21-25(28)32-27(29-26(21)33)36-24(30-32)13-18-8-6-5-7-9-18/h5-12,14-15,28H,13H2,1-4H3/b21-14-,28-25?. The average molecular weight is 500 g/mol. The summed E-state index contributed by atoms with van der Waals surface area (Å²) in [5, 5.41) is 16.0. The van der Waals surface area contributed by atoms with Crippen molar-refractivity contribution in [3.05, 3.63) is 82.7 Å². The number of thioether (sulfide) groups is 1. The third kappa shape index (κ3) is 4.22. The highest BCUT2D eigenvalue weighted by Crippen LogP contribution is 2.34. The molecule has 1 aromatic heterocycles. The molecule has 2 aromatic carbocycles. The number of methoxy groups -OCH3 is 2. The number of carbonyl (C=O) groups is 1. The molecule has 3 heterocycles. The van der Waals surface area contributed by atoms with E-state index in [-0.39, 0.29) is 11.4 Å². The van der Waals surface area contributed by atoms with Gasteiger partial charge in [-0.2, -0.15) is 15.1 Å². The fourth-order valence-corrected chi connectivity index (χ4v) is 5.22. The summed E-state index contributed by atoms with van der Waals surface area (Å²) < 4.78 is 13.0. The Kier molecular flexibility index (Phi) is 6.24. The van der Waals surface area contributed by atoms with Crippen molar-refractivity contribution in [3.63, 3.8) is 0 Å². The summed E-state index contributed by atoms with van der Waals surface area (Å²) in [5.41, 5.74) is 4.79. The molecule has 0 spiro atoms. The van der Waals surface area contributed by atoms with Gasteiger partial charge in [-0.3, -0.25) is 10.2 Å². The summed E-state index contributed by atoms with van der Waals surface area (Å²) >= 11 is 1.33. The Hall–Kier alpha value is -4.11. The van der Waals surface area contributed by atoms with Crippen LogP contribution in [0.3, 0.4) is 0 Å². The number of rotatable bonds is 6. The van der Waals surface area contributed by atoms with Gasteiger partial charge in [0.05, 0.1) is 25.5 Å². The molecule has 3 aromatic rings. The fraction of sp³-hybridized carbons (Fsp3) is 0.185. The number of hydrogen-bond donors (Lipinski definition) is 1. The zero-order valence-electron chi connectivity index (χ0n) is 20.4. The van der Waals surface area contributed by atoms with Gasteiger partial charge < -0.3 is 14.0 Å². The number of hydrogen-bond acceptors (Lipinski definition) is 6. The van der Waals surface area contributed by atoms with Gasteiger partial charge in [0.1, 0.15) is 16.5 Å². The van der Waals surface area contributed by atoms with Crippen LogP contribution in [-0.2, 0) is 11.2 Å². The number of hydrazone groups is 1. The monoisotopic (exact) mass is 499 g/mol. The first-order chi connectivity index (χ1) is 17.4. The van der Waals surface area contributed by atoms with E-state index in [0.29, 0.717) is 23.1 Å². The molecule has 5 rings (SSSR count). The number of carbonyl (C=O) groups excluding carboxylic acids is 1. The van der Waals surface area contributed by atoms with Crippen LogP contribution in [0.5, 0.6) is 11.5 Å². The van der Waals surface area contributed by atoms with E-state index in [4.69, 9.17) is 14.9 Å². The van der Waals surface area contributed by atoms with Crippen molar-refractivity contribution in [1.29, 1.82) is 5.41 Å². The van der Waals surface area contributed by atoms with E-state index < -0.39 is 5.91 Å². The van der Waals surface area contributed by atoms with Gasteiger partial charge in [-0.15, -0.1) is 0 Å². The van der Waals surface area contributed by atoms with E-state index in [1.807, 2.05) is 73.0 Å². The summed E-state index contributed by atoms with van der Waals surface area (Å²) in [6.07, 6.45) is 2.33. The van der Waals surface area contributed by atoms with Gasteiger partial charge >= 0.3 is 0 Å². The van der Waals surface area contributed by atoms with Gasteiger partial charge in [-0.1, -0.05) is 30.3 Å². The van der Waals surface area contributed by atoms with Crippen molar-refractivity contribution in [1.82, 2.24) is 9.58 Å². The first kappa shape index (κ1) is 23.6. The highest BCUT2D eigenvalue weighted by atomic mass is 32.2. The van der Waals surface area contributed by atoms with E-state index in [9.17, 15) is 4.79 Å². The lowest BCUT2D eigenvalue weighted by atomic mass is 10.1. The molecule has 0 saturated carbocycles. The second-order valence-electron chi connectivity index (χ2n) is 8.38. The van der Waals surface area contributed by atoms with Crippen molar-refractivity contribution >= 4 is 39.8 Å². The Labute approximate surface area is 213 Å². The highest BCUT2D eigenvalue weighted by molar-refractivity contribution is 8.26. The molecule has 9 heteroatoms. The minimum absolute atomic E-state index is 0.0179. The molecule has 0 aliphatic carbocycles. The predicted octanol–water partition coefficient (Wildman–Crippen LogP) is 4.97. The summed E-state index contributed by atoms with van der Waals surface area (Å²) in [4.78, 5) is 17.2. The van der Waals surface area contributed by atoms with Gasteiger partial charge in [0.25, 0.3) is 5.91 Å². The van der Waals surface area contributed by atoms with Gasteiger partial charge in [0.15, 0.2) is 5.84 Å². The van der Waals surface area contributed by atoms with Crippen molar-refractivity contribution in [3.8, 4) is 17.2 Å². The second-order valence-corrected chi connectivity index (χ2v) is 9.42. The molecular formula is C27H25N5O3S. The zero-order chi connectivity index (χ0) is 25.4. The molecule has 8 nitrogen and oxygen atoms in total. The number of aliphatic imine (C=N–C) groups is 1. The van der Waals surface area contributed by atoms with E-state index >= 15 is 0 Å². The largest absolute Gasteiger partial charge is 0.497 e. The molecular weight excluding hydrogens is 474 g/mol. The van der Waals surface area contributed by atoms with Crippen LogP contribution in [0.2, 0.25) is 0 Å². The molecule has 36 heavy (non-hydrogen) atoms. The first-order valence-corrected chi connectivity index (χ1v) is 12.2. The Morgan fingerprint density at radius 2 is 1.83 bits per heavy atom. The van der Waals surface area contributed by atoms with Gasteiger partial charge in [0.2, 0.25) is 5.17 Å². The third-order valence-corrected chi connectivity index (χ3v) is 7.00. The van der Waals surface area contributed by atoms with E-state index in [2.05, 4.69) is 10.1 Å². The van der Waals surface area contributed by atoms with Crippen LogP contribution in [-0.4, -0.2) is 45.7 Å². The Morgan fingerprint density at radius 3 is 2.56 bits per heavy atom. The summed E-state index contributed by atoms with van der Waals surface area (Å²) in [5.74, 6) is 0.977. The third-order valence-electron chi connectivity index (χ3n) is 6.09. The van der Waals surface area contributed by atoms with Crippen LogP contribution in [0.15, 0.2) is 70.3 Å². The van der Waals surface area contributed by atoms with Crippen LogP contribution in [0.4, 0.5) is 0 Å². The molecule has 0 atom stereocenters. The number of benzene rings is 2. The maximum Gasteiger partial charge on any atom is 0.283 e. The molecule has 0 bridgehead atoms. The number of nitrogens with one attached hydrogen (secondary N) is 1. The SMILES string of the molecule is COc1ccc(OC)c(-n2c(C)cc(/C=C3/C(=N)N4N=C(Cc5ccccc5)SC4=NC3=O)c2C)c1. The number of ether oxygens (including phenoxy) is 2. The topological polar surface area (TPSA) is 92.3 Å². The number of nitrogens with zero attached hydrogens (tertiary/aromatic N) is 4. The summed E-state index contributed by atoms with van der Waals surface area (Å²) in [7, 11) is 3.25. The number of aryl methyl sites for hydroxylation is 1. The molecule has 2 aliphatic rings. The predicted molar refractivity (Wildman–Crippen MR) is 144 cm³/mol. The van der Waals surface area contributed by atoms with E-state index in [1.54, 1.807) is 20.3 Å². The lowest BCUT2D eigenvalue weighted by Crippen LogP contribution is -2.35. The minimum atomic E-state index is -0.446. The van der Waals surface area contributed by atoms with Gasteiger partial charge in [0, 0.05) is 23.9 Å². The van der Waals surface area contributed by atoms with Crippen LogP contribution < -0.4 is 9.47 Å². The molecule has 0 fully saturated rings. The lowest BCUT2D eigenvalue weighted by molar-refractivity contribution is -0.114. The smallest absolute Gasteiger partial charge is 0.283 e. The highest BCUT2D eigenvalue weighted by Gasteiger charge is 2.35. The van der Waals surface area contributed by atoms with Crippen molar-refractivity contribution in [2.24, 2.45) is 10.1 Å². The lowest BCUT2D eigenvalue weighted by Gasteiger charge is -2.20. The van der Waals surface area contributed by atoms with E-state index in [1.165, 1.54) is 16.8 Å². The quantitative estimate of drug-likeness (QED) is 0.483. The van der Waals surface area contributed by atoms with Crippen LogP contribution in [0, 0.1) is 19.3 Å². The van der Waals surface area contributed by atoms with Crippen LogP contribution in [0.25, 0.3) is 11.8 Å². The maximum absolute atomic E-state index is 12.9. The van der Waals surface area contributed by atoms with Crippen molar-refractivity contribution in [2.45, 2.75) is 20.3 Å². The first-order valence-electron chi connectivity index (χ1n) is 11.3. The van der Waals surface area contributed by atoms with Crippen molar-refractivity contribution in [2.75, 3.05) is 14.2 Å². The molecule has 0 radical (unpaired) electrons. The summed E-state index contributed by atoms with van der Waals surface area (Å²) in [6, 6.07) is 17.6. The number of aromatic nitrogens is 1. The Bertz CT molecular complexity index is 1470. The number of amidine groups is 2. The molecule has 0 saturated heterocycles.